The molecule has 0 amide bonds. The highest BCUT2D eigenvalue weighted by molar-refractivity contribution is 5.73. The van der Waals surface area contributed by atoms with Crippen molar-refractivity contribution in [3.05, 3.63) is 29.3 Å². The van der Waals surface area contributed by atoms with Crippen molar-refractivity contribution >= 4 is 5.97 Å². The van der Waals surface area contributed by atoms with Crippen LogP contribution in [-0.4, -0.2) is 24.2 Å². The topological polar surface area (TPSA) is 82.3 Å². The molecule has 0 fully saturated rings. The van der Waals surface area contributed by atoms with Crippen LogP contribution in [0, 0.1) is 11.3 Å². The number of hydrogen-bond donors (Lipinski definition) is 2. The van der Waals surface area contributed by atoms with Gasteiger partial charge in [-0.3, -0.25) is 4.79 Å². The first-order valence-electron chi connectivity index (χ1n) is 6.15. The minimum atomic E-state index is -0.851. The predicted octanol–water partition coefficient (Wildman–Crippen LogP) is 1.91. The van der Waals surface area contributed by atoms with Gasteiger partial charge in [0.1, 0.15) is 17.9 Å². The van der Waals surface area contributed by atoms with Gasteiger partial charge in [0.2, 0.25) is 0 Å². The number of rotatable bonds is 7. The lowest BCUT2D eigenvalue weighted by molar-refractivity contribution is -0.139. The predicted molar refractivity (Wildman–Crippen MR) is 70.9 cm³/mol. The van der Waals surface area contributed by atoms with Crippen molar-refractivity contribution in [2.24, 2.45) is 0 Å². The molecule has 0 heterocycles. The number of aliphatic carboxylic acids is 1. The zero-order valence-corrected chi connectivity index (χ0v) is 11.1. The molecule has 0 aliphatic carbocycles. The Labute approximate surface area is 112 Å². The molecule has 2 N–H and O–H groups in total. The van der Waals surface area contributed by atoms with Crippen LogP contribution in [0.5, 0.6) is 5.75 Å². The number of nitriles is 1. The Hall–Kier alpha value is -2.06. The molecule has 1 unspecified atom stereocenters. The summed E-state index contributed by atoms with van der Waals surface area (Å²) in [6.45, 7) is 2.36. The normalized spacial score (nSPS) is 11.6. The summed E-state index contributed by atoms with van der Waals surface area (Å²) in [6.07, 6.45) is 1.38. The molecular weight excluding hydrogens is 244 g/mol. The summed E-state index contributed by atoms with van der Waals surface area (Å²) >= 11 is 0. The molecule has 19 heavy (non-hydrogen) atoms. The molecule has 1 rings (SSSR count). The summed E-state index contributed by atoms with van der Waals surface area (Å²) in [5, 5.41) is 21.0. The molecule has 5 heteroatoms. The van der Waals surface area contributed by atoms with E-state index in [9.17, 15) is 4.79 Å². The zero-order valence-electron chi connectivity index (χ0n) is 11.1. The van der Waals surface area contributed by atoms with Gasteiger partial charge in [-0.1, -0.05) is 19.4 Å². The van der Waals surface area contributed by atoms with E-state index in [1.54, 1.807) is 12.1 Å². The van der Waals surface area contributed by atoms with Crippen LogP contribution in [0.2, 0.25) is 0 Å². The number of methoxy groups -OCH3 is 1. The van der Waals surface area contributed by atoms with E-state index in [1.165, 1.54) is 7.11 Å². The Balaban J connectivity index is 2.72. The quantitative estimate of drug-likeness (QED) is 0.784. The maximum absolute atomic E-state index is 11.0. The third-order valence-corrected chi connectivity index (χ3v) is 2.81. The van der Waals surface area contributed by atoms with Gasteiger partial charge >= 0.3 is 5.97 Å². The van der Waals surface area contributed by atoms with Crippen molar-refractivity contribution in [3.63, 3.8) is 0 Å². The fourth-order valence-corrected chi connectivity index (χ4v) is 1.80. The third kappa shape index (κ3) is 4.27. The van der Waals surface area contributed by atoms with E-state index in [1.807, 2.05) is 13.0 Å². The van der Waals surface area contributed by atoms with E-state index in [0.29, 0.717) is 24.3 Å². The highest BCUT2D eigenvalue weighted by Gasteiger charge is 2.15. The molecule has 0 saturated heterocycles. The molecule has 102 valence electrons. The van der Waals surface area contributed by atoms with Gasteiger partial charge in [-0.2, -0.15) is 5.26 Å². The van der Waals surface area contributed by atoms with Gasteiger partial charge in [0.15, 0.2) is 0 Å². The van der Waals surface area contributed by atoms with E-state index >= 15 is 0 Å². The van der Waals surface area contributed by atoms with Crippen LogP contribution >= 0.6 is 0 Å². The van der Waals surface area contributed by atoms with E-state index in [-0.39, 0.29) is 0 Å². The van der Waals surface area contributed by atoms with Crippen LogP contribution in [-0.2, 0) is 11.3 Å². The Morgan fingerprint density at radius 3 is 2.84 bits per heavy atom. The van der Waals surface area contributed by atoms with Gasteiger partial charge in [-0.15, -0.1) is 0 Å². The second kappa shape index (κ2) is 7.39. The number of carbonyl (C=O) groups is 1. The Morgan fingerprint density at radius 2 is 2.32 bits per heavy atom. The first-order valence-corrected chi connectivity index (χ1v) is 6.15. The monoisotopic (exact) mass is 262 g/mol. The molecule has 5 nitrogen and oxygen atoms in total. The van der Waals surface area contributed by atoms with Gasteiger partial charge in [0.25, 0.3) is 0 Å². The van der Waals surface area contributed by atoms with E-state index in [0.717, 1.165) is 12.0 Å². The van der Waals surface area contributed by atoms with Crippen molar-refractivity contribution in [2.75, 3.05) is 7.11 Å². The van der Waals surface area contributed by atoms with E-state index < -0.39 is 12.0 Å². The van der Waals surface area contributed by atoms with Gasteiger partial charge in [-0.25, -0.2) is 0 Å². The number of hydrogen-bond acceptors (Lipinski definition) is 4. The molecule has 0 spiro atoms. The molecule has 0 radical (unpaired) electrons. The molecule has 1 atom stereocenters. The molecule has 0 aliphatic rings. The molecule has 0 bridgehead atoms. The summed E-state index contributed by atoms with van der Waals surface area (Å²) in [6, 6.07) is 6.73. The second-order valence-corrected chi connectivity index (χ2v) is 4.21. The first-order chi connectivity index (χ1) is 9.12. The van der Waals surface area contributed by atoms with Crippen LogP contribution in [0.1, 0.15) is 30.9 Å². The number of carboxylic acid groups (broad SMARTS) is 1. The van der Waals surface area contributed by atoms with Crippen LogP contribution < -0.4 is 10.1 Å². The first kappa shape index (κ1) is 15.0. The molecular formula is C14H18N2O3. The molecule has 1 aromatic rings. The summed E-state index contributed by atoms with van der Waals surface area (Å²) in [5.41, 5.74) is 1.31. The smallest absolute Gasteiger partial charge is 0.320 e. The minimum Gasteiger partial charge on any atom is -0.495 e. The van der Waals surface area contributed by atoms with Crippen LogP contribution in [0.15, 0.2) is 18.2 Å². The number of carboxylic acids is 1. The van der Waals surface area contributed by atoms with Crippen molar-refractivity contribution in [2.45, 2.75) is 32.4 Å². The van der Waals surface area contributed by atoms with E-state index in [4.69, 9.17) is 15.1 Å². The van der Waals surface area contributed by atoms with Crippen LogP contribution in [0.4, 0.5) is 0 Å². The van der Waals surface area contributed by atoms with Crippen molar-refractivity contribution in [3.8, 4) is 11.8 Å². The average Bonchev–Trinajstić information content (AvgIpc) is 2.42. The number of nitrogens with zero attached hydrogens (tertiary/aromatic N) is 1. The standard InChI is InChI=1S/C14H18N2O3/c1-3-4-12(14(17)18)16-9-10-5-6-13(19-2)11(7-10)8-15/h5-7,12,16H,3-4,9H2,1-2H3,(H,17,18). The molecule has 0 aromatic heterocycles. The Morgan fingerprint density at radius 1 is 1.58 bits per heavy atom. The van der Waals surface area contributed by atoms with E-state index in [2.05, 4.69) is 11.4 Å². The number of ether oxygens (including phenoxy) is 1. The van der Waals surface area contributed by atoms with Crippen LogP contribution in [0.3, 0.4) is 0 Å². The highest BCUT2D eigenvalue weighted by Crippen LogP contribution is 2.18. The summed E-state index contributed by atoms with van der Waals surface area (Å²) in [7, 11) is 1.51. The Kier molecular flexibility index (Phi) is 5.83. The lowest BCUT2D eigenvalue weighted by Gasteiger charge is -2.14. The summed E-state index contributed by atoms with van der Waals surface area (Å²) in [5.74, 6) is -0.328. The van der Waals surface area contributed by atoms with Gasteiger partial charge in [0, 0.05) is 6.54 Å². The fraction of sp³-hybridized carbons (Fsp3) is 0.429. The highest BCUT2D eigenvalue weighted by atomic mass is 16.5. The van der Waals surface area contributed by atoms with Crippen molar-refractivity contribution in [1.29, 1.82) is 5.26 Å². The summed E-state index contributed by atoms with van der Waals surface area (Å²) < 4.78 is 5.06. The van der Waals surface area contributed by atoms with Crippen molar-refractivity contribution in [1.82, 2.24) is 5.32 Å². The average molecular weight is 262 g/mol. The Bertz CT molecular complexity index is 480. The van der Waals surface area contributed by atoms with Gasteiger partial charge in [0.05, 0.1) is 12.7 Å². The number of nitrogens with one attached hydrogen (secondary N) is 1. The lowest BCUT2D eigenvalue weighted by Crippen LogP contribution is -2.36. The summed E-state index contributed by atoms with van der Waals surface area (Å²) in [4.78, 5) is 11.0. The SMILES string of the molecule is CCCC(NCc1ccc(OC)c(C#N)c1)C(=O)O. The lowest BCUT2D eigenvalue weighted by atomic mass is 10.1. The maximum atomic E-state index is 11.0. The molecule has 1 aromatic carbocycles. The minimum absolute atomic E-state index is 0.412. The van der Waals surface area contributed by atoms with Crippen LogP contribution in [0.25, 0.3) is 0 Å². The maximum Gasteiger partial charge on any atom is 0.320 e. The van der Waals surface area contributed by atoms with Gasteiger partial charge < -0.3 is 15.2 Å². The molecule has 0 saturated carbocycles. The molecule has 0 aliphatic heterocycles. The second-order valence-electron chi connectivity index (χ2n) is 4.21. The van der Waals surface area contributed by atoms with Gasteiger partial charge in [-0.05, 0) is 24.1 Å². The fourth-order valence-electron chi connectivity index (χ4n) is 1.80. The number of benzene rings is 1. The van der Waals surface area contributed by atoms with Crippen molar-refractivity contribution < 1.29 is 14.6 Å². The third-order valence-electron chi connectivity index (χ3n) is 2.81. The zero-order chi connectivity index (χ0) is 14.3. The largest absolute Gasteiger partial charge is 0.495 e.